The lowest BCUT2D eigenvalue weighted by atomic mass is 10.2. The number of fused-ring (bicyclic) bond motifs is 1. The van der Waals surface area contributed by atoms with Crippen LogP contribution < -0.4 is 10.2 Å². The highest BCUT2D eigenvalue weighted by atomic mass is 16.6. The maximum atomic E-state index is 4.77. The molecule has 4 rings (SSSR count). The van der Waals surface area contributed by atoms with Gasteiger partial charge in [0.2, 0.25) is 11.3 Å². The minimum atomic E-state index is 0.383. The summed E-state index contributed by atoms with van der Waals surface area (Å²) < 4.78 is 6.86. The summed E-state index contributed by atoms with van der Waals surface area (Å²) in [7, 11) is 1.98. The lowest BCUT2D eigenvalue weighted by Gasteiger charge is -2.21. The van der Waals surface area contributed by atoms with Crippen molar-refractivity contribution in [2.24, 2.45) is 0 Å². The van der Waals surface area contributed by atoms with Crippen molar-refractivity contribution in [3.8, 4) is 0 Å². The molecule has 0 atom stereocenters. The van der Waals surface area contributed by atoms with Gasteiger partial charge in [0.05, 0.1) is 0 Å². The zero-order valence-electron chi connectivity index (χ0n) is 15.2. The molecule has 9 nitrogen and oxygen atoms in total. The molecular weight excluding hydrogens is 344 g/mol. The zero-order chi connectivity index (χ0) is 18.6. The highest BCUT2D eigenvalue weighted by Gasteiger charge is 2.16. The Labute approximate surface area is 156 Å². The van der Waals surface area contributed by atoms with E-state index >= 15 is 0 Å². The number of aryl methyl sites for hydroxylation is 1. The first-order chi connectivity index (χ1) is 13.2. The first-order valence-corrected chi connectivity index (χ1v) is 8.67. The average molecular weight is 364 g/mol. The predicted molar refractivity (Wildman–Crippen MR) is 101 cm³/mol. The van der Waals surface area contributed by atoms with Crippen LogP contribution in [0.4, 0.5) is 11.6 Å². The lowest BCUT2D eigenvalue weighted by molar-refractivity contribution is 0.314. The van der Waals surface area contributed by atoms with Gasteiger partial charge in [0, 0.05) is 39.1 Å². The van der Waals surface area contributed by atoms with Gasteiger partial charge in [-0.1, -0.05) is 30.3 Å². The normalized spacial score (nSPS) is 11.0. The molecule has 0 radical (unpaired) electrons. The van der Waals surface area contributed by atoms with Crippen LogP contribution in [-0.2, 0) is 13.1 Å². The average Bonchev–Trinajstić information content (AvgIpc) is 3.32. The molecule has 1 N–H and O–H groups in total. The molecule has 3 aromatic heterocycles. The van der Waals surface area contributed by atoms with Gasteiger partial charge in [-0.05, 0) is 22.8 Å². The van der Waals surface area contributed by atoms with E-state index in [-0.39, 0.29) is 0 Å². The molecule has 0 aliphatic heterocycles. The van der Waals surface area contributed by atoms with Gasteiger partial charge >= 0.3 is 0 Å². The monoisotopic (exact) mass is 364 g/mol. The van der Waals surface area contributed by atoms with Gasteiger partial charge in [0.15, 0.2) is 11.6 Å². The molecule has 9 heteroatoms. The Bertz CT molecular complexity index is 1030. The van der Waals surface area contributed by atoms with Gasteiger partial charge in [0.25, 0.3) is 0 Å². The van der Waals surface area contributed by atoms with E-state index in [9.17, 15) is 0 Å². The van der Waals surface area contributed by atoms with Crippen molar-refractivity contribution >= 4 is 22.9 Å². The maximum absolute atomic E-state index is 4.77. The van der Waals surface area contributed by atoms with Crippen molar-refractivity contribution in [3.63, 3.8) is 0 Å². The Hall–Kier alpha value is -3.49. The van der Waals surface area contributed by atoms with Crippen LogP contribution in [-0.4, -0.2) is 43.4 Å². The van der Waals surface area contributed by atoms with Gasteiger partial charge in [-0.2, -0.15) is 0 Å². The van der Waals surface area contributed by atoms with Gasteiger partial charge in [0.1, 0.15) is 5.82 Å². The Kier molecular flexibility index (Phi) is 4.65. The van der Waals surface area contributed by atoms with Crippen molar-refractivity contribution < 1.29 is 4.63 Å². The van der Waals surface area contributed by atoms with E-state index in [1.54, 1.807) is 6.20 Å². The third kappa shape index (κ3) is 3.71. The molecular formula is C18H20N8O. The van der Waals surface area contributed by atoms with Crippen molar-refractivity contribution in [1.82, 2.24) is 29.8 Å². The van der Waals surface area contributed by atoms with E-state index in [4.69, 9.17) is 4.63 Å². The van der Waals surface area contributed by atoms with E-state index in [0.717, 1.165) is 24.5 Å². The van der Waals surface area contributed by atoms with Crippen molar-refractivity contribution in [2.45, 2.75) is 20.0 Å². The number of nitrogens with zero attached hydrogens (tertiary/aromatic N) is 7. The molecule has 27 heavy (non-hydrogen) atoms. The van der Waals surface area contributed by atoms with Crippen LogP contribution in [0.2, 0.25) is 0 Å². The molecule has 0 unspecified atom stereocenters. The minimum absolute atomic E-state index is 0.383. The van der Waals surface area contributed by atoms with Gasteiger partial charge < -0.3 is 14.8 Å². The molecule has 0 fully saturated rings. The summed E-state index contributed by atoms with van der Waals surface area (Å²) in [6, 6.07) is 10.1. The molecule has 138 valence electrons. The summed E-state index contributed by atoms with van der Waals surface area (Å²) in [6.45, 7) is 4.15. The Morgan fingerprint density at radius 2 is 1.89 bits per heavy atom. The summed E-state index contributed by atoms with van der Waals surface area (Å²) >= 11 is 0. The van der Waals surface area contributed by atoms with Crippen LogP contribution >= 0.6 is 0 Å². The van der Waals surface area contributed by atoms with E-state index < -0.39 is 0 Å². The predicted octanol–water partition coefficient (Wildman–Crippen LogP) is 2.27. The summed E-state index contributed by atoms with van der Waals surface area (Å²) in [6.07, 6.45) is 3.77. The first kappa shape index (κ1) is 17.0. The summed E-state index contributed by atoms with van der Waals surface area (Å²) in [5, 5.41) is 11.0. The quantitative estimate of drug-likeness (QED) is 0.533. The van der Waals surface area contributed by atoms with E-state index in [2.05, 4.69) is 47.3 Å². The fourth-order valence-corrected chi connectivity index (χ4v) is 2.80. The molecule has 0 amide bonds. The molecule has 4 aromatic rings. The summed E-state index contributed by atoms with van der Waals surface area (Å²) in [4.78, 5) is 15.4. The Morgan fingerprint density at radius 3 is 2.63 bits per heavy atom. The highest BCUT2D eigenvalue weighted by Crippen LogP contribution is 2.23. The summed E-state index contributed by atoms with van der Waals surface area (Å²) in [5.74, 6) is 2.33. The number of imidazole rings is 1. The van der Waals surface area contributed by atoms with Crippen LogP contribution in [0, 0.1) is 6.92 Å². The number of benzene rings is 1. The van der Waals surface area contributed by atoms with Crippen molar-refractivity contribution in [1.29, 1.82) is 0 Å². The minimum Gasteiger partial charge on any atom is -0.363 e. The number of hydrogen-bond acceptors (Lipinski definition) is 8. The number of likely N-dealkylation sites (N-methyl/N-ethyl adjacent to an activating group) is 1. The first-order valence-electron chi connectivity index (χ1n) is 8.67. The van der Waals surface area contributed by atoms with Crippen LogP contribution in [0.1, 0.15) is 11.4 Å². The van der Waals surface area contributed by atoms with Crippen molar-refractivity contribution in [3.05, 3.63) is 54.1 Å². The number of hydrogen-bond donors (Lipinski definition) is 1. The van der Waals surface area contributed by atoms with Gasteiger partial charge in [-0.25, -0.2) is 19.6 Å². The van der Waals surface area contributed by atoms with E-state index in [0.29, 0.717) is 29.5 Å². The van der Waals surface area contributed by atoms with E-state index in [1.165, 1.54) is 0 Å². The number of aromatic nitrogens is 6. The van der Waals surface area contributed by atoms with Gasteiger partial charge in [-0.3, -0.25) is 0 Å². The van der Waals surface area contributed by atoms with Crippen molar-refractivity contribution in [2.75, 3.05) is 23.8 Å². The molecule has 3 heterocycles. The second-order valence-corrected chi connectivity index (χ2v) is 6.24. The smallest absolute Gasteiger partial charge is 0.245 e. The van der Waals surface area contributed by atoms with Crippen LogP contribution in [0.25, 0.3) is 11.3 Å². The SMILES string of the molecule is Cc1nccn1CCN(C)c1nc2nonc2nc1NCc1ccccc1. The van der Waals surface area contributed by atoms with Crippen LogP contribution in [0.15, 0.2) is 47.4 Å². The zero-order valence-corrected chi connectivity index (χ0v) is 15.2. The molecule has 0 saturated carbocycles. The second kappa shape index (κ2) is 7.40. The third-order valence-corrected chi connectivity index (χ3v) is 4.36. The number of anilines is 2. The van der Waals surface area contributed by atoms with Gasteiger partial charge in [-0.15, -0.1) is 0 Å². The molecule has 0 spiro atoms. The Morgan fingerprint density at radius 1 is 1.11 bits per heavy atom. The molecule has 0 aliphatic rings. The van der Waals surface area contributed by atoms with Crippen LogP contribution in [0.3, 0.4) is 0 Å². The Balaban J connectivity index is 1.56. The number of rotatable bonds is 7. The standard InChI is InChI=1S/C18H20N8O/c1-13-19-8-9-26(13)11-10-25(2)18-17(20-12-14-6-4-3-5-7-14)21-15-16(22-18)24-27-23-15/h3-9H,10-12H2,1-2H3,(H,20,21,23). The topological polar surface area (TPSA) is 97.8 Å². The fraction of sp³-hybridized carbons (Fsp3) is 0.278. The third-order valence-electron chi connectivity index (χ3n) is 4.36. The molecule has 1 aromatic carbocycles. The summed E-state index contributed by atoms with van der Waals surface area (Å²) in [5.41, 5.74) is 1.93. The molecule has 0 saturated heterocycles. The maximum Gasteiger partial charge on any atom is 0.245 e. The molecule has 0 aliphatic carbocycles. The highest BCUT2D eigenvalue weighted by molar-refractivity contribution is 5.73. The molecule has 0 bridgehead atoms. The second-order valence-electron chi connectivity index (χ2n) is 6.24. The largest absolute Gasteiger partial charge is 0.363 e. The lowest BCUT2D eigenvalue weighted by Crippen LogP contribution is -2.25. The fourth-order valence-electron chi connectivity index (χ4n) is 2.80. The van der Waals surface area contributed by atoms with E-state index in [1.807, 2.05) is 43.3 Å². The number of nitrogens with one attached hydrogen (secondary N) is 1. The van der Waals surface area contributed by atoms with Crippen LogP contribution in [0.5, 0.6) is 0 Å².